The standard InChI is InChI=1S/C19H22N2O4/c1-12-8-16(13(2)25-12)19(23)21-9-14(17(10-21)18(20)22)11-24-15-6-4-3-5-7-15/h3-8,14,17H,9-11H2,1-2H3,(H2,20,22)/t14-,17+/m0/s1. The molecular weight excluding hydrogens is 320 g/mol. The molecule has 1 saturated heterocycles. The van der Waals surface area contributed by atoms with Crippen molar-refractivity contribution in [1.82, 2.24) is 4.90 Å². The van der Waals surface area contributed by atoms with E-state index < -0.39 is 11.8 Å². The Bertz CT molecular complexity index is 769. The van der Waals surface area contributed by atoms with Crippen molar-refractivity contribution in [1.29, 1.82) is 0 Å². The second-order valence-electron chi connectivity index (χ2n) is 6.43. The van der Waals surface area contributed by atoms with Crippen LogP contribution in [0.5, 0.6) is 5.75 Å². The Morgan fingerprint density at radius 1 is 1.24 bits per heavy atom. The van der Waals surface area contributed by atoms with Crippen molar-refractivity contribution in [2.75, 3.05) is 19.7 Å². The first-order valence-electron chi connectivity index (χ1n) is 8.29. The van der Waals surface area contributed by atoms with Gasteiger partial charge in [-0.2, -0.15) is 0 Å². The van der Waals surface area contributed by atoms with E-state index in [0.717, 1.165) is 5.75 Å². The fourth-order valence-corrected chi connectivity index (χ4v) is 3.26. The summed E-state index contributed by atoms with van der Waals surface area (Å²) in [6.07, 6.45) is 0. The molecule has 2 atom stereocenters. The molecule has 0 spiro atoms. The van der Waals surface area contributed by atoms with Gasteiger partial charge in [-0.25, -0.2) is 0 Å². The molecule has 0 aliphatic carbocycles. The van der Waals surface area contributed by atoms with Crippen molar-refractivity contribution in [3.8, 4) is 5.75 Å². The van der Waals surface area contributed by atoms with Gasteiger partial charge >= 0.3 is 0 Å². The van der Waals surface area contributed by atoms with Gasteiger partial charge in [0.2, 0.25) is 5.91 Å². The fourth-order valence-electron chi connectivity index (χ4n) is 3.26. The smallest absolute Gasteiger partial charge is 0.257 e. The summed E-state index contributed by atoms with van der Waals surface area (Å²) in [4.78, 5) is 26.2. The summed E-state index contributed by atoms with van der Waals surface area (Å²) in [6, 6.07) is 11.1. The number of ether oxygens (including phenoxy) is 1. The van der Waals surface area contributed by atoms with Crippen LogP contribution < -0.4 is 10.5 Å². The number of furan rings is 1. The highest BCUT2D eigenvalue weighted by atomic mass is 16.5. The summed E-state index contributed by atoms with van der Waals surface area (Å²) in [7, 11) is 0. The normalized spacial score (nSPS) is 19.8. The predicted molar refractivity (Wildman–Crippen MR) is 92.2 cm³/mol. The van der Waals surface area contributed by atoms with Crippen molar-refractivity contribution >= 4 is 11.8 Å². The lowest BCUT2D eigenvalue weighted by Gasteiger charge is -2.16. The highest BCUT2D eigenvalue weighted by Crippen LogP contribution is 2.27. The molecule has 3 rings (SSSR count). The zero-order chi connectivity index (χ0) is 18.0. The van der Waals surface area contributed by atoms with Gasteiger partial charge in [0.1, 0.15) is 17.3 Å². The van der Waals surface area contributed by atoms with Crippen LogP contribution in [0.25, 0.3) is 0 Å². The van der Waals surface area contributed by atoms with Crippen LogP contribution >= 0.6 is 0 Å². The lowest BCUT2D eigenvalue weighted by atomic mass is 9.96. The minimum Gasteiger partial charge on any atom is -0.493 e. The highest BCUT2D eigenvalue weighted by molar-refractivity contribution is 5.96. The average molecular weight is 342 g/mol. The van der Waals surface area contributed by atoms with E-state index >= 15 is 0 Å². The Labute approximate surface area is 146 Å². The molecule has 6 heteroatoms. The predicted octanol–water partition coefficient (Wildman–Crippen LogP) is 2.15. The van der Waals surface area contributed by atoms with Gasteiger partial charge in [-0.3, -0.25) is 9.59 Å². The zero-order valence-electron chi connectivity index (χ0n) is 14.4. The maximum Gasteiger partial charge on any atom is 0.257 e. The van der Waals surface area contributed by atoms with Crippen LogP contribution in [0.2, 0.25) is 0 Å². The van der Waals surface area contributed by atoms with Crippen LogP contribution in [0, 0.1) is 25.7 Å². The maximum absolute atomic E-state index is 12.7. The van der Waals surface area contributed by atoms with Crippen molar-refractivity contribution < 1.29 is 18.7 Å². The van der Waals surface area contributed by atoms with Gasteiger partial charge in [0, 0.05) is 19.0 Å². The fraction of sp³-hybridized carbons (Fsp3) is 0.368. The topological polar surface area (TPSA) is 85.8 Å². The molecule has 132 valence electrons. The molecular formula is C19H22N2O4. The number of primary amides is 1. The number of nitrogens with two attached hydrogens (primary N) is 1. The average Bonchev–Trinajstić information content (AvgIpc) is 3.16. The number of rotatable bonds is 5. The molecule has 2 heterocycles. The first-order chi connectivity index (χ1) is 12.0. The molecule has 0 saturated carbocycles. The lowest BCUT2D eigenvalue weighted by molar-refractivity contribution is -0.122. The quantitative estimate of drug-likeness (QED) is 0.902. The number of hydrogen-bond acceptors (Lipinski definition) is 4. The van der Waals surface area contributed by atoms with E-state index in [4.69, 9.17) is 14.9 Å². The van der Waals surface area contributed by atoms with Crippen molar-refractivity contribution in [3.05, 3.63) is 53.5 Å². The monoisotopic (exact) mass is 342 g/mol. The van der Waals surface area contributed by atoms with Crippen molar-refractivity contribution in [2.45, 2.75) is 13.8 Å². The molecule has 1 fully saturated rings. The molecule has 1 aromatic heterocycles. The minimum atomic E-state index is -0.416. The third kappa shape index (κ3) is 3.68. The molecule has 0 radical (unpaired) electrons. The molecule has 1 aromatic carbocycles. The largest absolute Gasteiger partial charge is 0.493 e. The summed E-state index contributed by atoms with van der Waals surface area (Å²) in [6.45, 7) is 4.64. The van der Waals surface area contributed by atoms with Crippen molar-refractivity contribution in [3.63, 3.8) is 0 Å². The Balaban J connectivity index is 1.70. The van der Waals surface area contributed by atoms with Crippen LogP contribution in [0.3, 0.4) is 0 Å². The molecule has 1 aliphatic heterocycles. The molecule has 2 N–H and O–H groups in total. The molecule has 2 amide bonds. The Hall–Kier alpha value is -2.76. The summed E-state index contributed by atoms with van der Waals surface area (Å²) >= 11 is 0. The van der Waals surface area contributed by atoms with Gasteiger partial charge in [-0.05, 0) is 32.0 Å². The number of hydrogen-bond donors (Lipinski definition) is 1. The van der Waals surface area contributed by atoms with E-state index in [0.29, 0.717) is 36.8 Å². The van der Waals surface area contributed by atoms with E-state index in [2.05, 4.69) is 0 Å². The van der Waals surface area contributed by atoms with E-state index in [1.165, 1.54) is 0 Å². The summed E-state index contributed by atoms with van der Waals surface area (Å²) < 4.78 is 11.2. The number of carbonyl (C=O) groups excluding carboxylic acids is 2. The summed E-state index contributed by atoms with van der Waals surface area (Å²) in [5.41, 5.74) is 6.07. The molecule has 2 aromatic rings. The molecule has 1 aliphatic rings. The number of amides is 2. The van der Waals surface area contributed by atoms with Crippen LogP contribution in [-0.4, -0.2) is 36.4 Å². The lowest BCUT2D eigenvalue weighted by Crippen LogP contribution is -2.33. The van der Waals surface area contributed by atoms with Crippen molar-refractivity contribution in [2.24, 2.45) is 17.6 Å². The highest BCUT2D eigenvalue weighted by Gasteiger charge is 2.39. The molecule has 0 bridgehead atoms. The summed E-state index contributed by atoms with van der Waals surface area (Å²) in [5, 5.41) is 0. The number of benzene rings is 1. The van der Waals surface area contributed by atoms with Gasteiger partial charge in [0.25, 0.3) is 5.91 Å². The van der Waals surface area contributed by atoms with Gasteiger partial charge in [0.05, 0.1) is 18.1 Å². The Morgan fingerprint density at radius 3 is 2.56 bits per heavy atom. The van der Waals surface area contributed by atoms with Crippen LogP contribution in [-0.2, 0) is 4.79 Å². The number of para-hydroxylation sites is 1. The third-order valence-electron chi connectivity index (χ3n) is 4.57. The molecule has 6 nitrogen and oxygen atoms in total. The van der Waals surface area contributed by atoms with Gasteiger partial charge in [0.15, 0.2) is 0 Å². The van der Waals surface area contributed by atoms with Crippen LogP contribution in [0.1, 0.15) is 21.9 Å². The minimum absolute atomic E-state index is 0.130. The van der Waals surface area contributed by atoms with E-state index in [1.54, 1.807) is 24.8 Å². The first-order valence-corrected chi connectivity index (χ1v) is 8.29. The molecule has 0 unspecified atom stereocenters. The van der Waals surface area contributed by atoms with Gasteiger partial charge < -0.3 is 19.8 Å². The number of carbonyl (C=O) groups is 2. The van der Waals surface area contributed by atoms with Crippen LogP contribution in [0.15, 0.2) is 40.8 Å². The van der Waals surface area contributed by atoms with Gasteiger partial charge in [-0.1, -0.05) is 18.2 Å². The molecule has 25 heavy (non-hydrogen) atoms. The summed E-state index contributed by atoms with van der Waals surface area (Å²) in [5.74, 6) is 0.921. The van der Waals surface area contributed by atoms with Gasteiger partial charge in [-0.15, -0.1) is 0 Å². The second kappa shape index (κ2) is 7.01. The number of nitrogens with zero attached hydrogens (tertiary/aromatic N) is 1. The SMILES string of the molecule is Cc1cc(C(=O)N2C[C@@H](COc3ccccc3)[C@H](C(N)=O)C2)c(C)o1. The van der Waals surface area contributed by atoms with E-state index in [1.807, 2.05) is 30.3 Å². The maximum atomic E-state index is 12.7. The Morgan fingerprint density at radius 2 is 1.96 bits per heavy atom. The number of aryl methyl sites for hydroxylation is 2. The Kier molecular flexibility index (Phi) is 4.79. The zero-order valence-corrected chi connectivity index (χ0v) is 14.4. The number of likely N-dealkylation sites (tertiary alicyclic amines) is 1. The second-order valence-corrected chi connectivity index (χ2v) is 6.43. The van der Waals surface area contributed by atoms with E-state index in [9.17, 15) is 9.59 Å². The third-order valence-corrected chi connectivity index (χ3v) is 4.57. The first kappa shape index (κ1) is 17.1. The van der Waals surface area contributed by atoms with E-state index in [-0.39, 0.29) is 11.8 Å². The van der Waals surface area contributed by atoms with Crippen LogP contribution in [0.4, 0.5) is 0 Å².